The van der Waals surface area contributed by atoms with Gasteiger partial charge in [-0.3, -0.25) is 19.5 Å². The second-order valence-electron chi connectivity index (χ2n) is 9.79. The number of nitrogens with one attached hydrogen (secondary N) is 1. The minimum Gasteiger partial charge on any atom is -0.494 e. The fraction of sp³-hybridized carbons (Fsp3) is 0.731. The van der Waals surface area contributed by atoms with Crippen molar-refractivity contribution in [3.63, 3.8) is 0 Å². The van der Waals surface area contributed by atoms with E-state index in [9.17, 15) is 4.79 Å². The van der Waals surface area contributed by atoms with E-state index in [1.54, 1.807) is 0 Å². The number of rotatable bonds is 9. The lowest BCUT2D eigenvalue weighted by Crippen LogP contribution is -2.60. The van der Waals surface area contributed by atoms with Gasteiger partial charge in [0.15, 0.2) is 0 Å². The smallest absolute Gasteiger partial charge is 0.234 e. The van der Waals surface area contributed by atoms with Crippen LogP contribution in [0.2, 0.25) is 0 Å². The predicted octanol–water partition coefficient (Wildman–Crippen LogP) is 2.35. The Bertz CT molecular complexity index is 722. The Hall–Kier alpha value is -1.67. The molecule has 33 heavy (non-hydrogen) atoms. The van der Waals surface area contributed by atoms with Crippen molar-refractivity contribution in [3.05, 3.63) is 29.8 Å². The van der Waals surface area contributed by atoms with Crippen molar-refractivity contribution >= 4 is 5.91 Å². The summed E-state index contributed by atoms with van der Waals surface area (Å²) in [6, 6.07) is 8.41. The molecule has 0 atom stereocenters. The van der Waals surface area contributed by atoms with E-state index in [0.717, 1.165) is 71.3 Å². The maximum absolute atomic E-state index is 12.8. The first-order chi connectivity index (χ1) is 16.2. The molecule has 0 aromatic heterocycles. The number of hydrogen-bond acceptors (Lipinski definition) is 6. The molecule has 2 heterocycles. The van der Waals surface area contributed by atoms with Gasteiger partial charge in [-0.15, -0.1) is 0 Å². The molecule has 2 saturated heterocycles. The van der Waals surface area contributed by atoms with Crippen LogP contribution in [-0.4, -0.2) is 98.3 Å². The number of nitrogens with zero attached hydrogens (tertiary/aromatic N) is 3. The average molecular weight is 459 g/mol. The van der Waals surface area contributed by atoms with E-state index in [2.05, 4.69) is 44.3 Å². The predicted molar refractivity (Wildman–Crippen MR) is 131 cm³/mol. The third-order valence-electron chi connectivity index (χ3n) is 7.55. The molecule has 2 aliphatic heterocycles. The number of piperazine rings is 1. The maximum atomic E-state index is 12.8. The Morgan fingerprint density at radius 1 is 0.970 bits per heavy atom. The zero-order valence-electron chi connectivity index (χ0n) is 20.4. The number of hydrogen-bond donors (Lipinski definition) is 1. The monoisotopic (exact) mass is 458 g/mol. The van der Waals surface area contributed by atoms with Gasteiger partial charge in [0, 0.05) is 57.9 Å². The van der Waals surface area contributed by atoms with Gasteiger partial charge in [-0.25, -0.2) is 0 Å². The summed E-state index contributed by atoms with van der Waals surface area (Å²) in [7, 11) is 0. The molecule has 7 nitrogen and oxygen atoms in total. The molecular weight excluding hydrogens is 416 g/mol. The van der Waals surface area contributed by atoms with Crippen LogP contribution < -0.4 is 10.1 Å². The van der Waals surface area contributed by atoms with Crippen LogP contribution in [0.4, 0.5) is 0 Å². The van der Waals surface area contributed by atoms with Gasteiger partial charge in [0.2, 0.25) is 5.91 Å². The molecule has 1 N–H and O–H groups in total. The zero-order valence-corrected chi connectivity index (χ0v) is 20.4. The van der Waals surface area contributed by atoms with Crippen LogP contribution in [0.15, 0.2) is 24.3 Å². The minimum atomic E-state index is 0.133. The average Bonchev–Trinajstić information content (AvgIpc) is 2.86. The largest absolute Gasteiger partial charge is 0.494 e. The van der Waals surface area contributed by atoms with Crippen molar-refractivity contribution in [2.75, 3.05) is 72.2 Å². The third-order valence-corrected chi connectivity index (χ3v) is 7.55. The van der Waals surface area contributed by atoms with Crippen molar-refractivity contribution in [1.82, 2.24) is 20.0 Å². The lowest BCUT2D eigenvalue weighted by molar-refractivity contribution is -0.124. The number of amides is 1. The van der Waals surface area contributed by atoms with Crippen molar-refractivity contribution < 1.29 is 14.3 Å². The van der Waals surface area contributed by atoms with E-state index < -0.39 is 0 Å². The van der Waals surface area contributed by atoms with Gasteiger partial charge in [0.1, 0.15) is 5.75 Å². The molecule has 0 radical (unpaired) electrons. The quantitative estimate of drug-likeness (QED) is 0.613. The normalized spacial score (nSPS) is 22.7. The Kier molecular flexibility index (Phi) is 9.01. The first-order valence-corrected chi connectivity index (χ1v) is 12.9. The summed E-state index contributed by atoms with van der Waals surface area (Å²) in [5.41, 5.74) is 1.44. The summed E-state index contributed by atoms with van der Waals surface area (Å²) in [4.78, 5) is 20.2. The molecule has 3 fully saturated rings. The van der Waals surface area contributed by atoms with E-state index in [1.807, 2.05) is 6.92 Å². The van der Waals surface area contributed by atoms with Crippen LogP contribution in [0.25, 0.3) is 0 Å². The Morgan fingerprint density at radius 3 is 2.30 bits per heavy atom. The first kappa shape index (κ1) is 24.5. The van der Waals surface area contributed by atoms with Gasteiger partial charge >= 0.3 is 0 Å². The van der Waals surface area contributed by atoms with Crippen LogP contribution in [0.3, 0.4) is 0 Å². The fourth-order valence-electron chi connectivity index (χ4n) is 5.60. The summed E-state index contributed by atoms with van der Waals surface area (Å²) in [5, 5.41) is 3.32. The molecule has 1 aliphatic carbocycles. The molecule has 1 aromatic rings. The van der Waals surface area contributed by atoms with E-state index in [0.29, 0.717) is 13.2 Å². The van der Waals surface area contributed by atoms with Crippen LogP contribution >= 0.6 is 0 Å². The lowest BCUT2D eigenvalue weighted by Gasteiger charge is -2.48. The highest BCUT2D eigenvalue weighted by Crippen LogP contribution is 2.33. The highest BCUT2D eigenvalue weighted by Gasteiger charge is 2.38. The molecule has 0 spiro atoms. The Morgan fingerprint density at radius 2 is 1.64 bits per heavy atom. The van der Waals surface area contributed by atoms with E-state index >= 15 is 0 Å². The van der Waals surface area contributed by atoms with Crippen molar-refractivity contribution in [2.24, 2.45) is 0 Å². The van der Waals surface area contributed by atoms with Crippen LogP contribution in [0, 0.1) is 0 Å². The van der Waals surface area contributed by atoms with Gasteiger partial charge in [0.25, 0.3) is 0 Å². The second kappa shape index (κ2) is 12.2. The summed E-state index contributed by atoms with van der Waals surface area (Å²) >= 11 is 0. The van der Waals surface area contributed by atoms with Crippen molar-refractivity contribution in [3.8, 4) is 5.75 Å². The highest BCUT2D eigenvalue weighted by atomic mass is 16.5. The lowest BCUT2D eigenvalue weighted by atomic mass is 9.79. The maximum Gasteiger partial charge on any atom is 0.234 e. The van der Waals surface area contributed by atoms with E-state index in [4.69, 9.17) is 9.47 Å². The summed E-state index contributed by atoms with van der Waals surface area (Å²) < 4.78 is 11.1. The van der Waals surface area contributed by atoms with Crippen molar-refractivity contribution in [1.29, 1.82) is 0 Å². The SMILES string of the molecule is CCOc1ccc(CN2CCN(CC(=O)NCC3(N4CCOCC4)CCCCC3)CC2)cc1. The number of ether oxygens (including phenoxy) is 2. The number of benzene rings is 1. The number of carbonyl (C=O) groups is 1. The van der Waals surface area contributed by atoms with E-state index in [-0.39, 0.29) is 11.4 Å². The number of morpholine rings is 1. The van der Waals surface area contributed by atoms with Gasteiger partial charge in [-0.05, 0) is 37.5 Å². The zero-order chi connectivity index (χ0) is 22.9. The fourth-order valence-corrected chi connectivity index (χ4v) is 5.60. The van der Waals surface area contributed by atoms with Crippen LogP contribution in [0.1, 0.15) is 44.6 Å². The van der Waals surface area contributed by atoms with Gasteiger partial charge in [0.05, 0.1) is 26.4 Å². The minimum absolute atomic E-state index is 0.133. The van der Waals surface area contributed by atoms with Crippen LogP contribution in [0.5, 0.6) is 5.75 Å². The standard InChI is InChI=1S/C26H42N4O3/c1-2-33-24-8-6-23(7-9-24)20-28-12-14-29(15-13-28)21-25(31)27-22-26(10-4-3-5-11-26)30-16-18-32-19-17-30/h6-9H,2-5,10-22H2,1H3,(H,27,31). The molecule has 7 heteroatoms. The van der Waals surface area contributed by atoms with Gasteiger partial charge in [-0.2, -0.15) is 0 Å². The summed E-state index contributed by atoms with van der Waals surface area (Å²) in [6.07, 6.45) is 6.24. The molecule has 1 aromatic carbocycles. The molecule has 1 amide bonds. The number of carbonyl (C=O) groups excluding carboxylic acids is 1. The molecule has 1 saturated carbocycles. The van der Waals surface area contributed by atoms with Crippen molar-refractivity contribution in [2.45, 2.75) is 51.1 Å². The molecule has 184 valence electrons. The molecule has 0 bridgehead atoms. The molecule has 4 rings (SSSR count). The first-order valence-electron chi connectivity index (χ1n) is 12.9. The molecular formula is C26H42N4O3. The Labute approximate surface area is 199 Å². The van der Waals surface area contributed by atoms with E-state index in [1.165, 1.54) is 37.7 Å². The summed E-state index contributed by atoms with van der Waals surface area (Å²) in [5.74, 6) is 1.11. The van der Waals surface area contributed by atoms with Crippen LogP contribution in [-0.2, 0) is 16.1 Å². The topological polar surface area (TPSA) is 57.3 Å². The third kappa shape index (κ3) is 6.92. The molecule has 3 aliphatic rings. The molecule has 0 unspecified atom stereocenters. The van der Waals surface area contributed by atoms with Gasteiger partial charge < -0.3 is 14.8 Å². The summed E-state index contributed by atoms with van der Waals surface area (Å²) in [6.45, 7) is 12.4. The van der Waals surface area contributed by atoms with Gasteiger partial charge in [-0.1, -0.05) is 31.4 Å². The second-order valence-corrected chi connectivity index (χ2v) is 9.79. The highest BCUT2D eigenvalue weighted by molar-refractivity contribution is 5.78. The Balaban J connectivity index is 1.19.